The zero-order valence-corrected chi connectivity index (χ0v) is 12.9. The average molecular weight is 319 g/mol. The fourth-order valence-electron chi connectivity index (χ4n) is 2.12. The van der Waals surface area contributed by atoms with Gasteiger partial charge in [-0.2, -0.15) is 0 Å². The van der Waals surface area contributed by atoms with Crippen molar-refractivity contribution in [2.24, 2.45) is 5.92 Å². The Morgan fingerprint density at radius 1 is 1.40 bits per heavy atom. The summed E-state index contributed by atoms with van der Waals surface area (Å²) >= 11 is 0. The molecule has 0 spiro atoms. The molecule has 0 radical (unpaired) electrons. The first-order valence-corrected chi connectivity index (χ1v) is 8.17. The number of hydrogen-bond acceptors (Lipinski definition) is 4. The second kappa shape index (κ2) is 7.06. The number of amides is 1. The quantitative estimate of drug-likeness (QED) is 0.884. The van der Waals surface area contributed by atoms with Crippen molar-refractivity contribution in [1.82, 2.24) is 5.32 Å². The molecule has 1 aliphatic heterocycles. The minimum atomic E-state index is -3.25. The van der Waals surface area contributed by atoms with Crippen LogP contribution in [0.5, 0.6) is 0 Å². The molecule has 0 bridgehead atoms. The number of carbonyl (C=O) groups excluding carboxylic acids is 1. The highest BCUT2D eigenvalue weighted by atomic mass is 35.5. The van der Waals surface area contributed by atoms with Crippen LogP contribution in [0.25, 0.3) is 0 Å². The van der Waals surface area contributed by atoms with E-state index in [-0.39, 0.29) is 29.1 Å². The number of piperidine rings is 1. The van der Waals surface area contributed by atoms with Crippen molar-refractivity contribution in [3.05, 3.63) is 24.3 Å². The van der Waals surface area contributed by atoms with Crippen molar-refractivity contribution in [2.75, 3.05) is 24.7 Å². The van der Waals surface area contributed by atoms with E-state index in [1.54, 1.807) is 12.1 Å². The zero-order chi connectivity index (χ0) is 13.9. The van der Waals surface area contributed by atoms with E-state index < -0.39 is 9.84 Å². The fraction of sp³-hybridized carbons (Fsp3) is 0.462. The van der Waals surface area contributed by atoms with E-state index in [1.807, 2.05) is 0 Å². The van der Waals surface area contributed by atoms with Gasteiger partial charge >= 0.3 is 0 Å². The van der Waals surface area contributed by atoms with Gasteiger partial charge in [0.1, 0.15) is 0 Å². The van der Waals surface area contributed by atoms with E-state index in [1.165, 1.54) is 12.1 Å². The Balaban J connectivity index is 0.00000200. The minimum absolute atomic E-state index is 0. The topological polar surface area (TPSA) is 75.3 Å². The molecule has 2 N–H and O–H groups in total. The maximum Gasteiger partial charge on any atom is 0.228 e. The molecule has 0 saturated carbocycles. The first-order valence-electron chi connectivity index (χ1n) is 6.28. The Kier molecular flexibility index (Phi) is 5.98. The number of carbonyl (C=O) groups is 1. The minimum Gasteiger partial charge on any atom is -0.326 e. The molecule has 1 aromatic rings. The summed E-state index contributed by atoms with van der Waals surface area (Å²) in [5.41, 5.74) is 0.526. The Morgan fingerprint density at radius 3 is 2.75 bits per heavy atom. The molecule has 0 aromatic heterocycles. The Hall–Kier alpha value is -1.11. The Bertz CT molecular complexity index is 569. The van der Waals surface area contributed by atoms with Gasteiger partial charge in [0.15, 0.2) is 9.84 Å². The van der Waals surface area contributed by atoms with E-state index in [0.29, 0.717) is 12.2 Å². The SMILES string of the molecule is CS(=O)(=O)c1cccc(NC(=O)C2CCCNC2)c1.Cl. The van der Waals surface area contributed by atoms with E-state index >= 15 is 0 Å². The van der Waals surface area contributed by atoms with Crippen molar-refractivity contribution in [3.63, 3.8) is 0 Å². The second-order valence-electron chi connectivity index (χ2n) is 4.83. The number of rotatable bonds is 3. The van der Waals surface area contributed by atoms with E-state index in [4.69, 9.17) is 0 Å². The lowest BCUT2D eigenvalue weighted by Gasteiger charge is -2.21. The van der Waals surface area contributed by atoms with Crippen LogP contribution < -0.4 is 10.6 Å². The van der Waals surface area contributed by atoms with Crippen LogP contribution >= 0.6 is 12.4 Å². The molecule has 1 heterocycles. The molecule has 0 aliphatic carbocycles. The molecule has 1 amide bonds. The smallest absolute Gasteiger partial charge is 0.228 e. The van der Waals surface area contributed by atoms with Crippen LogP contribution in [0.1, 0.15) is 12.8 Å². The summed E-state index contributed by atoms with van der Waals surface area (Å²) in [7, 11) is -3.25. The predicted octanol–water partition coefficient (Wildman–Crippen LogP) is 1.45. The molecular formula is C13H19ClN2O3S. The lowest BCUT2D eigenvalue weighted by Crippen LogP contribution is -2.37. The molecule has 20 heavy (non-hydrogen) atoms. The third-order valence-electron chi connectivity index (χ3n) is 3.20. The van der Waals surface area contributed by atoms with Gasteiger partial charge in [0.2, 0.25) is 5.91 Å². The highest BCUT2D eigenvalue weighted by molar-refractivity contribution is 7.90. The van der Waals surface area contributed by atoms with Crippen LogP contribution in [-0.4, -0.2) is 33.7 Å². The molecule has 1 aromatic carbocycles. The highest BCUT2D eigenvalue weighted by Gasteiger charge is 2.21. The van der Waals surface area contributed by atoms with Crippen molar-refractivity contribution in [1.29, 1.82) is 0 Å². The third kappa shape index (κ3) is 4.47. The number of hydrogen-bond donors (Lipinski definition) is 2. The van der Waals surface area contributed by atoms with Crippen LogP contribution in [-0.2, 0) is 14.6 Å². The highest BCUT2D eigenvalue weighted by Crippen LogP contribution is 2.17. The number of sulfone groups is 1. The lowest BCUT2D eigenvalue weighted by atomic mass is 9.99. The van der Waals surface area contributed by atoms with Crippen molar-refractivity contribution in [2.45, 2.75) is 17.7 Å². The van der Waals surface area contributed by atoms with Gasteiger partial charge in [-0.1, -0.05) is 6.07 Å². The molecule has 1 aliphatic rings. The molecule has 7 heteroatoms. The van der Waals surface area contributed by atoms with Gasteiger partial charge in [0.25, 0.3) is 0 Å². The fourth-order valence-corrected chi connectivity index (χ4v) is 2.79. The second-order valence-corrected chi connectivity index (χ2v) is 6.85. The summed E-state index contributed by atoms with van der Waals surface area (Å²) in [6.07, 6.45) is 3.01. The van der Waals surface area contributed by atoms with Gasteiger partial charge in [0.05, 0.1) is 10.8 Å². The monoisotopic (exact) mass is 318 g/mol. The van der Waals surface area contributed by atoms with Gasteiger partial charge in [-0.25, -0.2) is 8.42 Å². The van der Waals surface area contributed by atoms with Gasteiger partial charge in [-0.05, 0) is 37.6 Å². The molecule has 1 fully saturated rings. The summed E-state index contributed by atoms with van der Waals surface area (Å²) in [6, 6.07) is 6.34. The largest absolute Gasteiger partial charge is 0.326 e. The summed E-state index contributed by atoms with van der Waals surface area (Å²) in [4.78, 5) is 12.2. The number of benzene rings is 1. The van der Waals surface area contributed by atoms with Gasteiger partial charge in [0, 0.05) is 18.5 Å². The van der Waals surface area contributed by atoms with E-state index in [0.717, 1.165) is 25.6 Å². The van der Waals surface area contributed by atoms with E-state index in [2.05, 4.69) is 10.6 Å². The molecular weight excluding hydrogens is 300 g/mol. The van der Waals surface area contributed by atoms with Gasteiger partial charge in [-0.15, -0.1) is 12.4 Å². The van der Waals surface area contributed by atoms with Crippen LogP contribution in [0.15, 0.2) is 29.2 Å². The van der Waals surface area contributed by atoms with Crippen LogP contribution in [0.2, 0.25) is 0 Å². The number of halogens is 1. The van der Waals surface area contributed by atoms with Crippen LogP contribution in [0.3, 0.4) is 0 Å². The first-order chi connectivity index (χ1) is 8.97. The Labute approximate surface area is 125 Å². The maximum absolute atomic E-state index is 12.0. The average Bonchev–Trinajstić information content (AvgIpc) is 2.39. The first kappa shape index (κ1) is 16.9. The lowest BCUT2D eigenvalue weighted by molar-refractivity contribution is -0.120. The third-order valence-corrected chi connectivity index (χ3v) is 4.31. The van der Waals surface area contributed by atoms with Gasteiger partial charge in [-0.3, -0.25) is 4.79 Å². The predicted molar refractivity (Wildman–Crippen MR) is 81.0 cm³/mol. The van der Waals surface area contributed by atoms with E-state index in [9.17, 15) is 13.2 Å². The summed E-state index contributed by atoms with van der Waals surface area (Å²) in [6.45, 7) is 1.63. The summed E-state index contributed by atoms with van der Waals surface area (Å²) in [5.74, 6) is -0.103. The van der Waals surface area contributed by atoms with Crippen LogP contribution in [0.4, 0.5) is 5.69 Å². The molecule has 1 atom stereocenters. The Morgan fingerprint density at radius 2 is 2.15 bits per heavy atom. The molecule has 1 unspecified atom stereocenters. The normalized spacial score (nSPS) is 18.9. The standard InChI is InChI=1S/C13H18N2O3S.ClH/c1-19(17,18)12-6-2-5-11(8-12)15-13(16)10-4-3-7-14-9-10;/h2,5-6,8,10,14H,3-4,7,9H2,1H3,(H,15,16);1H. The maximum atomic E-state index is 12.0. The molecule has 2 rings (SSSR count). The number of anilines is 1. The van der Waals surface area contributed by atoms with Gasteiger partial charge < -0.3 is 10.6 Å². The van der Waals surface area contributed by atoms with Crippen molar-refractivity contribution >= 4 is 33.8 Å². The zero-order valence-electron chi connectivity index (χ0n) is 11.3. The molecule has 1 saturated heterocycles. The summed E-state index contributed by atoms with van der Waals surface area (Å²) < 4.78 is 22.9. The molecule has 5 nitrogen and oxygen atoms in total. The summed E-state index contributed by atoms with van der Waals surface area (Å²) in [5, 5.41) is 5.96. The number of nitrogens with one attached hydrogen (secondary N) is 2. The van der Waals surface area contributed by atoms with Crippen molar-refractivity contribution < 1.29 is 13.2 Å². The molecule has 112 valence electrons. The van der Waals surface area contributed by atoms with Crippen LogP contribution in [0, 0.1) is 5.92 Å². The van der Waals surface area contributed by atoms with Crippen molar-refractivity contribution in [3.8, 4) is 0 Å².